The Morgan fingerprint density at radius 3 is 2.52 bits per heavy atom. The van der Waals surface area contributed by atoms with Crippen molar-refractivity contribution in [2.24, 2.45) is 0 Å². The van der Waals surface area contributed by atoms with Crippen molar-refractivity contribution in [3.8, 4) is 5.69 Å². The van der Waals surface area contributed by atoms with Crippen LogP contribution >= 0.6 is 0 Å². The number of aryl methyl sites for hydroxylation is 2. The fourth-order valence-corrected chi connectivity index (χ4v) is 3.77. The van der Waals surface area contributed by atoms with Crippen LogP contribution in [0.5, 0.6) is 0 Å². The van der Waals surface area contributed by atoms with E-state index >= 15 is 0 Å². The van der Waals surface area contributed by atoms with Crippen molar-refractivity contribution in [1.29, 1.82) is 0 Å². The third-order valence-electron chi connectivity index (χ3n) is 5.45. The number of carbonyl (C=O) groups is 1. The van der Waals surface area contributed by atoms with E-state index in [1.54, 1.807) is 11.6 Å². The standard InChI is InChI=1S/C22H24F3N5O/c1-14-20(15(2)30(27-14)17-7-4-3-5-8-17)21(31)26-11-6-12-29-18(16-9-10-16)13-19(28-29)22(23,24)25/h3-5,7-8,13,16H,6,9-12H2,1-2H3,(H,26,31). The minimum absolute atomic E-state index is 0.160. The third-order valence-corrected chi connectivity index (χ3v) is 5.45. The molecule has 3 aromatic rings. The van der Waals surface area contributed by atoms with Crippen molar-refractivity contribution in [3.05, 3.63) is 64.7 Å². The van der Waals surface area contributed by atoms with Gasteiger partial charge in [-0.05, 0) is 51.3 Å². The zero-order valence-corrected chi connectivity index (χ0v) is 17.4. The summed E-state index contributed by atoms with van der Waals surface area (Å²) in [6.07, 6.45) is -2.18. The molecule has 2 heterocycles. The molecule has 0 unspecified atom stereocenters. The lowest BCUT2D eigenvalue weighted by Gasteiger charge is -2.09. The summed E-state index contributed by atoms with van der Waals surface area (Å²) >= 11 is 0. The van der Waals surface area contributed by atoms with E-state index in [-0.39, 0.29) is 11.8 Å². The van der Waals surface area contributed by atoms with E-state index < -0.39 is 11.9 Å². The average Bonchev–Trinajstić information content (AvgIpc) is 3.40. The maximum absolute atomic E-state index is 13.0. The Bertz CT molecular complexity index is 1080. The molecule has 2 aromatic heterocycles. The maximum Gasteiger partial charge on any atom is 0.435 e. The topological polar surface area (TPSA) is 64.7 Å². The van der Waals surface area contributed by atoms with Crippen molar-refractivity contribution in [1.82, 2.24) is 24.9 Å². The largest absolute Gasteiger partial charge is 0.435 e. The number of aromatic nitrogens is 4. The summed E-state index contributed by atoms with van der Waals surface area (Å²) < 4.78 is 42.2. The number of hydrogen-bond donors (Lipinski definition) is 1. The highest BCUT2D eigenvalue weighted by molar-refractivity contribution is 5.96. The van der Waals surface area contributed by atoms with Crippen LogP contribution in [-0.4, -0.2) is 32.0 Å². The predicted octanol–water partition coefficient (Wildman–Crippen LogP) is 4.40. The zero-order chi connectivity index (χ0) is 22.2. The molecule has 1 aliphatic rings. The van der Waals surface area contributed by atoms with Gasteiger partial charge in [0.1, 0.15) is 0 Å². The highest BCUT2D eigenvalue weighted by Crippen LogP contribution is 2.42. The smallest absolute Gasteiger partial charge is 0.352 e. The van der Waals surface area contributed by atoms with Gasteiger partial charge in [0.05, 0.1) is 22.6 Å². The fraction of sp³-hybridized carbons (Fsp3) is 0.409. The van der Waals surface area contributed by atoms with E-state index in [0.29, 0.717) is 36.5 Å². The number of amides is 1. The van der Waals surface area contributed by atoms with Gasteiger partial charge in [-0.15, -0.1) is 0 Å². The highest BCUT2D eigenvalue weighted by Gasteiger charge is 2.37. The lowest BCUT2D eigenvalue weighted by molar-refractivity contribution is -0.141. The van der Waals surface area contributed by atoms with Crippen LogP contribution in [0.4, 0.5) is 13.2 Å². The van der Waals surface area contributed by atoms with Gasteiger partial charge in [-0.2, -0.15) is 23.4 Å². The Morgan fingerprint density at radius 1 is 1.16 bits per heavy atom. The van der Waals surface area contributed by atoms with Gasteiger partial charge < -0.3 is 5.32 Å². The van der Waals surface area contributed by atoms with Crippen molar-refractivity contribution >= 4 is 5.91 Å². The molecule has 9 heteroatoms. The Kier molecular flexibility index (Phi) is 5.60. The Morgan fingerprint density at radius 2 is 1.87 bits per heavy atom. The van der Waals surface area contributed by atoms with Crippen LogP contribution in [0.25, 0.3) is 5.69 Å². The number of benzene rings is 1. The summed E-state index contributed by atoms with van der Waals surface area (Å²) in [5.74, 6) is -0.0802. The first-order valence-corrected chi connectivity index (χ1v) is 10.3. The molecule has 0 radical (unpaired) electrons. The quantitative estimate of drug-likeness (QED) is 0.564. The molecule has 164 valence electrons. The van der Waals surface area contributed by atoms with Crippen molar-refractivity contribution < 1.29 is 18.0 Å². The van der Waals surface area contributed by atoms with Crippen molar-refractivity contribution in [2.75, 3.05) is 6.54 Å². The van der Waals surface area contributed by atoms with E-state index in [1.807, 2.05) is 37.3 Å². The highest BCUT2D eigenvalue weighted by atomic mass is 19.4. The monoisotopic (exact) mass is 431 g/mol. The van der Waals surface area contributed by atoms with E-state index in [9.17, 15) is 18.0 Å². The summed E-state index contributed by atoms with van der Waals surface area (Å²) in [5.41, 5.74) is 2.53. The van der Waals surface area contributed by atoms with E-state index in [4.69, 9.17) is 0 Å². The zero-order valence-electron chi connectivity index (χ0n) is 17.4. The molecule has 1 saturated carbocycles. The van der Waals surface area contributed by atoms with Gasteiger partial charge in [-0.3, -0.25) is 9.48 Å². The van der Waals surface area contributed by atoms with Crippen LogP contribution in [0, 0.1) is 13.8 Å². The van der Waals surface area contributed by atoms with Gasteiger partial charge in [0.15, 0.2) is 5.69 Å². The lowest BCUT2D eigenvalue weighted by atomic mass is 10.2. The second-order valence-electron chi connectivity index (χ2n) is 7.85. The maximum atomic E-state index is 13.0. The van der Waals surface area contributed by atoms with E-state index in [1.165, 1.54) is 4.68 Å². The van der Waals surface area contributed by atoms with Crippen molar-refractivity contribution in [2.45, 2.75) is 51.7 Å². The van der Waals surface area contributed by atoms with Gasteiger partial charge in [0.2, 0.25) is 0 Å². The fourth-order valence-electron chi connectivity index (χ4n) is 3.77. The Hall–Kier alpha value is -3.10. The number of nitrogens with zero attached hydrogens (tertiary/aromatic N) is 4. The van der Waals surface area contributed by atoms with Crippen LogP contribution in [0.2, 0.25) is 0 Å². The molecule has 0 bridgehead atoms. The molecule has 1 aromatic carbocycles. The summed E-state index contributed by atoms with van der Waals surface area (Å²) in [7, 11) is 0. The minimum Gasteiger partial charge on any atom is -0.352 e. The minimum atomic E-state index is -4.45. The van der Waals surface area contributed by atoms with Gasteiger partial charge in [0.25, 0.3) is 5.91 Å². The number of hydrogen-bond acceptors (Lipinski definition) is 3. The van der Waals surface area contributed by atoms with Crippen LogP contribution in [-0.2, 0) is 12.7 Å². The van der Waals surface area contributed by atoms with Crippen molar-refractivity contribution in [3.63, 3.8) is 0 Å². The SMILES string of the molecule is Cc1nn(-c2ccccc2)c(C)c1C(=O)NCCCn1nc(C(F)(F)F)cc1C1CC1. The van der Waals surface area contributed by atoms with Crippen LogP contribution < -0.4 is 5.32 Å². The molecule has 0 aliphatic heterocycles. The number of nitrogens with one attached hydrogen (secondary N) is 1. The summed E-state index contributed by atoms with van der Waals surface area (Å²) in [6, 6.07) is 10.7. The summed E-state index contributed by atoms with van der Waals surface area (Å²) in [4.78, 5) is 12.7. The summed E-state index contributed by atoms with van der Waals surface area (Å²) in [6.45, 7) is 4.28. The Labute approximate surface area is 178 Å². The molecular weight excluding hydrogens is 407 g/mol. The second kappa shape index (κ2) is 8.20. The van der Waals surface area contributed by atoms with Crippen LogP contribution in [0.1, 0.15) is 58.3 Å². The first-order valence-electron chi connectivity index (χ1n) is 10.3. The molecule has 6 nitrogen and oxygen atoms in total. The average molecular weight is 431 g/mol. The first kappa shape index (κ1) is 21.1. The molecule has 0 spiro atoms. The molecule has 31 heavy (non-hydrogen) atoms. The second-order valence-corrected chi connectivity index (χ2v) is 7.85. The molecule has 0 atom stereocenters. The van der Waals surface area contributed by atoms with E-state index in [0.717, 1.165) is 30.3 Å². The molecule has 1 N–H and O–H groups in total. The molecule has 1 aliphatic carbocycles. The first-order chi connectivity index (χ1) is 14.8. The van der Waals surface area contributed by atoms with Gasteiger partial charge in [0, 0.05) is 24.7 Å². The predicted molar refractivity (Wildman–Crippen MR) is 109 cm³/mol. The third kappa shape index (κ3) is 4.50. The lowest BCUT2D eigenvalue weighted by Crippen LogP contribution is -2.26. The van der Waals surface area contributed by atoms with Gasteiger partial charge in [-0.25, -0.2) is 4.68 Å². The van der Waals surface area contributed by atoms with Gasteiger partial charge in [-0.1, -0.05) is 18.2 Å². The normalized spacial score (nSPS) is 14.1. The molecule has 1 amide bonds. The number of rotatable bonds is 7. The number of carbonyl (C=O) groups excluding carboxylic acids is 1. The number of para-hydroxylation sites is 1. The van der Waals surface area contributed by atoms with Gasteiger partial charge >= 0.3 is 6.18 Å². The molecule has 1 fully saturated rings. The van der Waals surface area contributed by atoms with Crippen LogP contribution in [0.3, 0.4) is 0 Å². The molecular formula is C22H24F3N5O. The number of alkyl halides is 3. The number of halogens is 3. The summed E-state index contributed by atoms with van der Waals surface area (Å²) in [5, 5.41) is 11.1. The molecule has 0 saturated heterocycles. The van der Waals surface area contributed by atoms with E-state index in [2.05, 4.69) is 15.5 Å². The molecule has 4 rings (SSSR count). The van der Waals surface area contributed by atoms with Crippen LogP contribution in [0.15, 0.2) is 36.4 Å². The Balaban J connectivity index is 1.39.